The topological polar surface area (TPSA) is 147 Å². The smallest absolute Gasteiger partial charge is 0.335 e. The summed E-state index contributed by atoms with van der Waals surface area (Å²) < 4.78 is 33.5. The number of carboxylic acids is 1. The highest BCUT2D eigenvalue weighted by Crippen LogP contribution is 2.31. The van der Waals surface area contributed by atoms with Crippen LogP contribution in [0, 0.1) is 0 Å². The number of ether oxygens (including phenoxy) is 1. The Morgan fingerprint density at radius 1 is 1.15 bits per heavy atom. The highest BCUT2D eigenvalue weighted by Gasteiger charge is 2.23. The molecule has 0 unspecified atom stereocenters. The van der Waals surface area contributed by atoms with Gasteiger partial charge in [-0.05, 0) is 30.3 Å². The third-order valence-corrected chi connectivity index (χ3v) is 6.77. The number of fused-ring (bicyclic) bond motifs is 1. The second kappa shape index (κ2) is 9.02. The number of halogens is 3. The van der Waals surface area contributed by atoms with Gasteiger partial charge < -0.3 is 14.8 Å². The third-order valence-electron chi connectivity index (χ3n) is 4.27. The molecule has 2 heterocycles. The molecule has 0 spiro atoms. The monoisotopic (exact) mass is 527 g/mol. The van der Waals surface area contributed by atoms with E-state index in [1.807, 2.05) is 0 Å². The Morgan fingerprint density at radius 2 is 1.94 bits per heavy atom. The molecule has 3 N–H and O–H groups in total. The summed E-state index contributed by atoms with van der Waals surface area (Å²) in [6.07, 6.45) is 1.14. The molecule has 4 aromatic rings. The van der Waals surface area contributed by atoms with Crippen molar-refractivity contribution in [1.82, 2.24) is 19.9 Å². The maximum Gasteiger partial charge on any atom is 0.335 e. The molecule has 0 radical (unpaired) electrons. The number of hydrogen-bond acceptors (Lipinski definition) is 7. The van der Waals surface area contributed by atoms with Crippen molar-refractivity contribution < 1.29 is 23.1 Å². The van der Waals surface area contributed by atoms with Crippen LogP contribution in [0.25, 0.3) is 11.0 Å². The summed E-state index contributed by atoms with van der Waals surface area (Å²) in [6, 6.07) is 8.57. The number of benzene rings is 2. The number of carbonyl (C=O) groups is 1. The van der Waals surface area contributed by atoms with Crippen molar-refractivity contribution in [3.8, 4) is 5.88 Å². The summed E-state index contributed by atoms with van der Waals surface area (Å²) in [5.41, 5.74) is 1.10. The highest BCUT2D eigenvalue weighted by atomic mass is 35.5. The Bertz CT molecular complexity index is 1490. The minimum Gasteiger partial charge on any atom is -0.478 e. The van der Waals surface area contributed by atoms with Gasteiger partial charge in [0, 0.05) is 0 Å². The fourth-order valence-corrected chi connectivity index (χ4v) is 4.69. The van der Waals surface area contributed by atoms with E-state index in [4.69, 9.17) is 44.6 Å². The zero-order chi connectivity index (χ0) is 23.8. The maximum atomic E-state index is 12.8. The Balaban J connectivity index is 1.59. The fourth-order valence-electron chi connectivity index (χ4n) is 2.80. The number of carboxylic acid groups (broad SMARTS) is 1. The van der Waals surface area contributed by atoms with Crippen molar-refractivity contribution in [2.45, 2.75) is 11.5 Å². The largest absolute Gasteiger partial charge is 0.478 e. The lowest BCUT2D eigenvalue weighted by Gasteiger charge is -2.12. The SMILES string of the molecule is O=C(O)c1ccc2nc(COc3nc(Cl)cnc3NS(=O)(=O)c3cccc(Cl)c3Cl)[nH]c2c1. The number of nitrogens with zero attached hydrogens (tertiary/aromatic N) is 3. The van der Waals surface area contributed by atoms with Crippen LogP contribution in [0.3, 0.4) is 0 Å². The minimum absolute atomic E-state index is 0.0376. The number of nitrogens with one attached hydrogen (secondary N) is 2. The van der Waals surface area contributed by atoms with Crippen molar-refractivity contribution in [1.29, 1.82) is 0 Å². The van der Waals surface area contributed by atoms with E-state index in [9.17, 15) is 13.2 Å². The number of rotatable bonds is 7. The van der Waals surface area contributed by atoms with Crippen molar-refractivity contribution >= 4 is 67.6 Å². The van der Waals surface area contributed by atoms with Gasteiger partial charge >= 0.3 is 5.97 Å². The van der Waals surface area contributed by atoms with E-state index in [2.05, 4.69) is 24.7 Å². The van der Waals surface area contributed by atoms with Gasteiger partial charge in [0.15, 0.2) is 5.15 Å². The van der Waals surface area contributed by atoms with Gasteiger partial charge in [-0.2, -0.15) is 4.98 Å². The number of aromatic nitrogens is 4. The molecule has 10 nitrogen and oxygen atoms in total. The van der Waals surface area contributed by atoms with Gasteiger partial charge in [0.1, 0.15) is 17.3 Å². The second-order valence-corrected chi connectivity index (χ2v) is 9.34. The Kier molecular flexibility index (Phi) is 6.30. The average Bonchev–Trinajstić information content (AvgIpc) is 3.17. The summed E-state index contributed by atoms with van der Waals surface area (Å²) in [7, 11) is -4.19. The van der Waals surface area contributed by atoms with Crippen LogP contribution < -0.4 is 9.46 Å². The lowest BCUT2D eigenvalue weighted by Crippen LogP contribution is -2.16. The molecule has 2 aromatic heterocycles. The molecular formula is C19H12Cl3N5O5S. The van der Waals surface area contributed by atoms with Crippen LogP contribution in [0.5, 0.6) is 5.88 Å². The summed E-state index contributed by atoms with van der Waals surface area (Å²) in [6.45, 7) is -0.168. The number of aromatic carboxylic acids is 1. The number of aromatic amines is 1. The number of imidazole rings is 1. The number of hydrogen-bond donors (Lipinski definition) is 3. The lowest BCUT2D eigenvalue weighted by molar-refractivity contribution is 0.0697. The average molecular weight is 529 g/mol. The van der Waals surface area contributed by atoms with Crippen LogP contribution in [0.4, 0.5) is 5.82 Å². The van der Waals surface area contributed by atoms with E-state index in [1.54, 1.807) is 6.07 Å². The van der Waals surface area contributed by atoms with Crippen LogP contribution in [0.2, 0.25) is 15.2 Å². The first-order valence-electron chi connectivity index (χ1n) is 8.98. The van der Waals surface area contributed by atoms with Gasteiger partial charge in [-0.25, -0.2) is 23.2 Å². The van der Waals surface area contributed by atoms with Crippen molar-refractivity contribution in [3.63, 3.8) is 0 Å². The summed E-state index contributed by atoms with van der Waals surface area (Å²) in [5.74, 6) is -1.19. The molecule has 0 aliphatic carbocycles. The van der Waals surface area contributed by atoms with Gasteiger partial charge in [0.25, 0.3) is 15.9 Å². The van der Waals surface area contributed by atoms with Crippen LogP contribution >= 0.6 is 34.8 Å². The van der Waals surface area contributed by atoms with Crippen LogP contribution in [-0.4, -0.2) is 39.4 Å². The molecule has 0 aliphatic heterocycles. The number of H-pyrrole nitrogens is 1. The van der Waals surface area contributed by atoms with Crippen molar-refractivity contribution in [2.24, 2.45) is 0 Å². The van der Waals surface area contributed by atoms with Crippen LogP contribution in [-0.2, 0) is 16.6 Å². The molecule has 14 heteroatoms. The normalized spacial score (nSPS) is 11.5. The molecular weight excluding hydrogens is 517 g/mol. The molecule has 2 aromatic carbocycles. The Labute approximate surface area is 201 Å². The molecule has 33 heavy (non-hydrogen) atoms. The molecule has 0 saturated heterocycles. The molecule has 0 aliphatic rings. The van der Waals surface area contributed by atoms with E-state index in [-0.39, 0.29) is 44.0 Å². The van der Waals surface area contributed by atoms with E-state index in [0.717, 1.165) is 6.20 Å². The first-order valence-corrected chi connectivity index (χ1v) is 11.6. The Hall–Kier alpha value is -3.12. The van der Waals surface area contributed by atoms with Gasteiger partial charge in [0.05, 0.1) is 32.8 Å². The highest BCUT2D eigenvalue weighted by molar-refractivity contribution is 7.92. The quantitative estimate of drug-likeness (QED) is 0.320. The van der Waals surface area contributed by atoms with E-state index < -0.39 is 16.0 Å². The van der Waals surface area contributed by atoms with Gasteiger partial charge in [-0.15, -0.1) is 0 Å². The van der Waals surface area contributed by atoms with E-state index in [1.165, 1.54) is 30.3 Å². The molecule has 0 saturated carbocycles. The second-order valence-electron chi connectivity index (χ2n) is 6.51. The summed E-state index contributed by atoms with van der Waals surface area (Å²) in [4.78, 5) is 26.0. The molecule has 0 atom stereocenters. The first kappa shape index (κ1) is 23.1. The van der Waals surface area contributed by atoms with Crippen molar-refractivity contribution in [2.75, 3.05) is 4.72 Å². The fraction of sp³-hybridized carbons (Fsp3) is 0.0526. The standard InChI is InChI=1S/C19H12Cl3N5O5S/c20-10-2-1-3-13(16(10)22)33(30,31)27-17-18(26-14(21)7-23-17)32-8-15-24-11-5-4-9(19(28)29)6-12(11)25-15/h1-7H,8H2,(H,23,27)(H,24,25)(H,28,29). The molecule has 0 fully saturated rings. The van der Waals surface area contributed by atoms with Gasteiger partial charge in [-0.3, -0.25) is 4.72 Å². The molecule has 170 valence electrons. The molecule has 0 amide bonds. The minimum atomic E-state index is -4.19. The summed E-state index contributed by atoms with van der Waals surface area (Å²) in [5, 5.41) is 8.98. The van der Waals surface area contributed by atoms with Crippen molar-refractivity contribution in [3.05, 3.63) is 69.2 Å². The molecule has 4 rings (SSSR count). The maximum absolute atomic E-state index is 12.8. The number of sulfonamides is 1. The van der Waals surface area contributed by atoms with Gasteiger partial charge in [-0.1, -0.05) is 40.9 Å². The predicted octanol–water partition coefficient (Wildman–Crippen LogP) is 4.39. The van der Waals surface area contributed by atoms with Gasteiger partial charge in [0.2, 0.25) is 5.82 Å². The zero-order valence-corrected chi connectivity index (χ0v) is 19.3. The van der Waals surface area contributed by atoms with Crippen LogP contribution in [0.15, 0.2) is 47.5 Å². The van der Waals surface area contributed by atoms with E-state index >= 15 is 0 Å². The Morgan fingerprint density at radius 3 is 2.70 bits per heavy atom. The number of anilines is 1. The van der Waals surface area contributed by atoms with E-state index in [0.29, 0.717) is 16.9 Å². The first-order chi connectivity index (χ1) is 15.6. The molecule has 0 bridgehead atoms. The zero-order valence-electron chi connectivity index (χ0n) is 16.2. The van der Waals surface area contributed by atoms with Crippen LogP contribution in [0.1, 0.15) is 16.2 Å². The predicted molar refractivity (Wildman–Crippen MR) is 122 cm³/mol. The third kappa shape index (κ3) is 4.96. The lowest BCUT2D eigenvalue weighted by atomic mass is 10.2. The summed E-state index contributed by atoms with van der Waals surface area (Å²) >= 11 is 17.8.